The van der Waals surface area contributed by atoms with E-state index in [1.54, 1.807) is 31.2 Å². The number of carbonyl (C=O) groups excluding carboxylic acids is 3. The van der Waals surface area contributed by atoms with Gasteiger partial charge in [0.1, 0.15) is 6.04 Å². The number of carbonyl (C=O) groups is 3. The number of nitrogen functional groups attached to an aromatic ring is 1. The lowest BCUT2D eigenvalue weighted by molar-refractivity contribution is -0.139. The highest BCUT2D eigenvalue weighted by Gasteiger charge is 2.25. The summed E-state index contributed by atoms with van der Waals surface area (Å²) in [6.07, 6.45) is 0.436. The number of thioether (sulfide) groups is 1. The fourth-order valence-corrected chi connectivity index (χ4v) is 3.35. The van der Waals surface area contributed by atoms with E-state index in [1.807, 2.05) is 6.92 Å². The number of rotatable bonds is 9. The van der Waals surface area contributed by atoms with E-state index in [-0.39, 0.29) is 36.1 Å². The second-order valence-electron chi connectivity index (χ2n) is 5.98. The zero-order valence-corrected chi connectivity index (χ0v) is 17.3. The van der Waals surface area contributed by atoms with E-state index < -0.39 is 6.04 Å². The summed E-state index contributed by atoms with van der Waals surface area (Å²) in [6.45, 7) is 5.27. The van der Waals surface area contributed by atoms with Crippen LogP contribution >= 0.6 is 11.8 Å². The van der Waals surface area contributed by atoms with E-state index in [0.29, 0.717) is 23.0 Å². The number of nitrogens with two attached hydrogens (primary N) is 1. The third-order valence-electron chi connectivity index (χ3n) is 3.79. The lowest BCUT2D eigenvalue weighted by atomic mass is 10.2. The number of hydrogen-bond acceptors (Lipinski definition) is 8. The Labute approximate surface area is 172 Å². The summed E-state index contributed by atoms with van der Waals surface area (Å²) in [7, 11) is 0. The van der Waals surface area contributed by atoms with Crippen molar-refractivity contribution in [1.82, 2.24) is 14.8 Å². The molecular formula is C18H24N6O4S. The van der Waals surface area contributed by atoms with Crippen LogP contribution in [0.1, 0.15) is 33.2 Å². The molecule has 0 radical (unpaired) electrons. The van der Waals surface area contributed by atoms with Gasteiger partial charge in [-0.25, -0.2) is 0 Å². The van der Waals surface area contributed by atoms with Gasteiger partial charge in [-0.3, -0.25) is 19.0 Å². The first-order chi connectivity index (χ1) is 13.8. The van der Waals surface area contributed by atoms with Crippen LogP contribution in [-0.4, -0.2) is 44.9 Å². The van der Waals surface area contributed by atoms with Gasteiger partial charge in [-0.05, 0) is 37.6 Å². The normalized spacial score (nSPS) is 11.6. The van der Waals surface area contributed by atoms with Crippen LogP contribution in [0.4, 0.5) is 17.3 Å². The van der Waals surface area contributed by atoms with Crippen molar-refractivity contribution >= 4 is 46.9 Å². The van der Waals surface area contributed by atoms with E-state index >= 15 is 0 Å². The minimum atomic E-state index is -0.662. The highest BCUT2D eigenvalue weighted by Crippen LogP contribution is 2.26. The molecule has 4 N–H and O–H groups in total. The summed E-state index contributed by atoms with van der Waals surface area (Å²) < 4.78 is 6.41. The highest BCUT2D eigenvalue weighted by molar-refractivity contribution is 7.99. The van der Waals surface area contributed by atoms with Gasteiger partial charge in [-0.1, -0.05) is 18.7 Å². The van der Waals surface area contributed by atoms with Gasteiger partial charge >= 0.3 is 5.97 Å². The topological polar surface area (TPSA) is 141 Å². The molecule has 0 saturated carbocycles. The Balaban J connectivity index is 2.12. The zero-order valence-electron chi connectivity index (χ0n) is 16.5. The van der Waals surface area contributed by atoms with E-state index in [9.17, 15) is 14.4 Å². The molecular weight excluding hydrogens is 396 g/mol. The molecule has 156 valence electrons. The Morgan fingerprint density at radius 1 is 1.14 bits per heavy atom. The Morgan fingerprint density at radius 2 is 1.76 bits per heavy atom. The second kappa shape index (κ2) is 10.5. The van der Waals surface area contributed by atoms with Gasteiger partial charge in [-0.15, -0.1) is 10.2 Å². The van der Waals surface area contributed by atoms with Crippen LogP contribution in [0.2, 0.25) is 0 Å². The van der Waals surface area contributed by atoms with Gasteiger partial charge < -0.3 is 21.1 Å². The summed E-state index contributed by atoms with van der Waals surface area (Å²) in [6, 6.07) is 6.07. The largest absolute Gasteiger partial charge is 0.465 e. The lowest BCUT2D eigenvalue weighted by Gasteiger charge is -2.19. The SMILES string of the molecule is CCOC(=O)CSc1nnc(N)n1C(CC)C(=O)Nc1ccc(NC(C)=O)cc1. The van der Waals surface area contributed by atoms with Crippen molar-refractivity contribution in [3.05, 3.63) is 24.3 Å². The van der Waals surface area contributed by atoms with Crippen molar-refractivity contribution in [2.75, 3.05) is 28.7 Å². The fourth-order valence-electron chi connectivity index (χ4n) is 2.56. The van der Waals surface area contributed by atoms with Gasteiger partial charge in [0.05, 0.1) is 12.4 Å². The Kier molecular flexibility index (Phi) is 8.01. The monoisotopic (exact) mass is 420 g/mol. The van der Waals surface area contributed by atoms with Crippen molar-refractivity contribution in [3.63, 3.8) is 0 Å². The molecule has 0 aliphatic carbocycles. The first-order valence-corrected chi connectivity index (χ1v) is 10.0. The Bertz CT molecular complexity index is 868. The maximum Gasteiger partial charge on any atom is 0.316 e. The van der Waals surface area contributed by atoms with E-state index in [4.69, 9.17) is 10.5 Å². The molecule has 0 spiro atoms. The van der Waals surface area contributed by atoms with Crippen LogP contribution in [0.5, 0.6) is 0 Å². The number of ether oxygens (including phenoxy) is 1. The molecule has 1 atom stereocenters. The van der Waals surface area contributed by atoms with Gasteiger partial charge in [0.2, 0.25) is 17.8 Å². The van der Waals surface area contributed by atoms with Crippen molar-refractivity contribution in [3.8, 4) is 0 Å². The molecule has 0 aliphatic heterocycles. The molecule has 11 heteroatoms. The predicted octanol–water partition coefficient (Wildman–Crippen LogP) is 2.06. The second-order valence-corrected chi connectivity index (χ2v) is 6.92. The molecule has 1 aromatic heterocycles. The number of nitrogens with one attached hydrogen (secondary N) is 2. The third kappa shape index (κ3) is 6.21. The van der Waals surface area contributed by atoms with Gasteiger partial charge in [0, 0.05) is 18.3 Å². The van der Waals surface area contributed by atoms with Crippen molar-refractivity contribution in [1.29, 1.82) is 0 Å². The Hall–Kier alpha value is -3.08. The summed E-state index contributed by atoms with van der Waals surface area (Å²) in [5, 5.41) is 13.6. The smallest absolute Gasteiger partial charge is 0.316 e. The number of hydrogen-bond donors (Lipinski definition) is 3. The summed E-state index contributed by atoms with van der Waals surface area (Å²) >= 11 is 1.11. The highest BCUT2D eigenvalue weighted by atomic mass is 32.2. The minimum Gasteiger partial charge on any atom is -0.465 e. The number of aromatic nitrogens is 3. The first-order valence-electron chi connectivity index (χ1n) is 9.03. The molecule has 2 amide bonds. The zero-order chi connectivity index (χ0) is 21.4. The van der Waals surface area contributed by atoms with Crippen LogP contribution in [0, 0.1) is 0 Å². The maximum absolute atomic E-state index is 12.8. The first kappa shape index (κ1) is 22.2. The quantitative estimate of drug-likeness (QED) is 0.413. The van der Waals surface area contributed by atoms with Crippen molar-refractivity contribution < 1.29 is 19.1 Å². The minimum absolute atomic E-state index is 0.0363. The maximum atomic E-state index is 12.8. The van der Waals surface area contributed by atoms with E-state index in [1.165, 1.54) is 11.5 Å². The fraction of sp³-hybridized carbons (Fsp3) is 0.389. The molecule has 0 bridgehead atoms. The number of benzene rings is 1. The average Bonchev–Trinajstić information content (AvgIpc) is 3.03. The van der Waals surface area contributed by atoms with E-state index in [2.05, 4.69) is 20.8 Å². The molecule has 0 aliphatic rings. The molecule has 10 nitrogen and oxygen atoms in total. The van der Waals surface area contributed by atoms with Crippen LogP contribution in [0.25, 0.3) is 0 Å². The molecule has 29 heavy (non-hydrogen) atoms. The van der Waals surface area contributed by atoms with Crippen LogP contribution in [0.15, 0.2) is 29.4 Å². The van der Waals surface area contributed by atoms with Crippen LogP contribution < -0.4 is 16.4 Å². The molecule has 2 aromatic rings. The summed E-state index contributed by atoms with van der Waals surface area (Å²) in [5.41, 5.74) is 7.11. The number of anilines is 3. The van der Waals surface area contributed by atoms with Gasteiger partial charge in [0.25, 0.3) is 0 Å². The van der Waals surface area contributed by atoms with E-state index in [0.717, 1.165) is 11.8 Å². The van der Waals surface area contributed by atoms with Gasteiger partial charge in [0.15, 0.2) is 5.16 Å². The van der Waals surface area contributed by atoms with Gasteiger partial charge in [-0.2, -0.15) is 0 Å². The van der Waals surface area contributed by atoms with Crippen molar-refractivity contribution in [2.24, 2.45) is 0 Å². The van der Waals surface area contributed by atoms with Crippen LogP contribution in [-0.2, 0) is 19.1 Å². The molecule has 0 saturated heterocycles. The molecule has 0 fully saturated rings. The lowest BCUT2D eigenvalue weighted by Crippen LogP contribution is -2.27. The number of nitrogens with zero attached hydrogens (tertiary/aromatic N) is 3. The predicted molar refractivity (Wildman–Crippen MR) is 110 cm³/mol. The number of amides is 2. The molecule has 1 aromatic carbocycles. The standard InChI is InChI=1S/C18H24N6O4S/c1-4-14(16(27)21-13-8-6-12(7-9-13)20-11(3)25)24-17(19)22-23-18(24)29-10-15(26)28-5-2/h6-9,14H,4-5,10H2,1-3H3,(H2,19,22)(H,20,25)(H,21,27). The molecule has 1 heterocycles. The van der Waals surface area contributed by atoms with Crippen LogP contribution in [0.3, 0.4) is 0 Å². The molecule has 2 rings (SSSR count). The molecule has 1 unspecified atom stereocenters. The average molecular weight is 420 g/mol. The summed E-state index contributed by atoms with van der Waals surface area (Å²) in [4.78, 5) is 35.5. The van der Waals surface area contributed by atoms with Crippen molar-refractivity contribution in [2.45, 2.75) is 38.4 Å². The number of esters is 1. The Morgan fingerprint density at radius 3 is 2.31 bits per heavy atom. The summed E-state index contributed by atoms with van der Waals surface area (Å²) in [5.74, 6) is -0.746. The third-order valence-corrected chi connectivity index (χ3v) is 4.71.